The van der Waals surface area contributed by atoms with Crippen molar-refractivity contribution >= 4 is 11.5 Å². The summed E-state index contributed by atoms with van der Waals surface area (Å²) >= 11 is 0. The molecular weight excluding hydrogens is 217 g/mol. The first-order valence-corrected chi connectivity index (χ1v) is 6.16. The van der Waals surface area contributed by atoms with Crippen molar-refractivity contribution in [3.05, 3.63) is 29.6 Å². The number of nitrogens with zero attached hydrogens (tertiary/aromatic N) is 1. The molecule has 17 heavy (non-hydrogen) atoms. The van der Waals surface area contributed by atoms with Gasteiger partial charge < -0.3 is 4.90 Å². The first-order chi connectivity index (χ1) is 8.11. The van der Waals surface area contributed by atoms with E-state index in [0.29, 0.717) is 0 Å². The van der Waals surface area contributed by atoms with Crippen molar-refractivity contribution in [3.8, 4) is 0 Å². The van der Waals surface area contributed by atoms with Gasteiger partial charge in [0, 0.05) is 13.1 Å². The van der Waals surface area contributed by atoms with Crippen LogP contribution in [-0.2, 0) is 0 Å². The fourth-order valence-electron chi connectivity index (χ4n) is 2.02. The van der Waals surface area contributed by atoms with Crippen LogP contribution in [0.3, 0.4) is 0 Å². The van der Waals surface area contributed by atoms with Gasteiger partial charge in [-0.3, -0.25) is 4.79 Å². The molecule has 0 spiro atoms. The molecule has 0 atom stereocenters. The zero-order chi connectivity index (χ0) is 12.8. The second-order valence-electron chi connectivity index (χ2n) is 4.18. The van der Waals surface area contributed by atoms with Crippen LogP contribution in [0.1, 0.15) is 44.0 Å². The average Bonchev–Trinajstić information content (AvgIpc) is 2.28. The van der Waals surface area contributed by atoms with Crippen LogP contribution in [0.25, 0.3) is 0 Å². The summed E-state index contributed by atoms with van der Waals surface area (Å²) in [7, 11) is 0. The van der Waals surface area contributed by atoms with Gasteiger partial charge in [0.1, 0.15) is 5.82 Å². The minimum atomic E-state index is -0.424. The lowest BCUT2D eigenvalue weighted by molar-refractivity contribution is 0.101. The van der Waals surface area contributed by atoms with Crippen molar-refractivity contribution in [2.24, 2.45) is 0 Å². The maximum atomic E-state index is 13.7. The summed E-state index contributed by atoms with van der Waals surface area (Å²) in [5.74, 6) is -0.637. The molecule has 0 radical (unpaired) electrons. The Balaban J connectivity index is 3.17. The standard InChI is InChI=1S/C14H20FNO/c1-4-9-16(10-5-2)13-8-6-7-12(15)14(13)11(3)17/h6-8H,4-5,9-10H2,1-3H3. The third kappa shape index (κ3) is 3.29. The topological polar surface area (TPSA) is 20.3 Å². The lowest BCUT2D eigenvalue weighted by atomic mass is 10.1. The van der Waals surface area contributed by atoms with Crippen LogP contribution in [0.15, 0.2) is 18.2 Å². The molecule has 1 aromatic rings. The highest BCUT2D eigenvalue weighted by Gasteiger charge is 2.16. The number of halogens is 1. The van der Waals surface area contributed by atoms with Crippen molar-refractivity contribution in [1.82, 2.24) is 0 Å². The zero-order valence-electron chi connectivity index (χ0n) is 10.8. The smallest absolute Gasteiger partial charge is 0.164 e. The zero-order valence-corrected chi connectivity index (χ0v) is 10.8. The molecule has 1 rings (SSSR count). The van der Waals surface area contributed by atoms with Gasteiger partial charge in [0.25, 0.3) is 0 Å². The predicted octanol–water partition coefficient (Wildman–Crippen LogP) is 3.65. The van der Waals surface area contributed by atoms with Gasteiger partial charge in [-0.1, -0.05) is 19.9 Å². The van der Waals surface area contributed by atoms with E-state index in [4.69, 9.17) is 0 Å². The van der Waals surface area contributed by atoms with Gasteiger partial charge in [-0.2, -0.15) is 0 Å². The van der Waals surface area contributed by atoms with Crippen molar-refractivity contribution in [2.75, 3.05) is 18.0 Å². The lowest BCUT2D eigenvalue weighted by Crippen LogP contribution is -2.27. The molecule has 0 aliphatic heterocycles. The van der Waals surface area contributed by atoms with Crippen LogP contribution in [0, 0.1) is 5.82 Å². The number of benzene rings is 1. The van der Waals surface area contributed by atoms with Crippen LogP contribution < -0.4 is 4.90 Å². The van der Waals surface area contributed by atoms with Crippen LogP contribution in [-0.4, -0.2) is 18.9 Å². The number of carbonyl (C=O) groups is 1. The molecule has 0 unspecified atom stereocenters. The number of Topliss-reactive ketones (excluding diaryl/α,β-unsaturated/α-hetero) is 1. The number of carbonyl (C=O) groups excluding carboxylic acids is 1. The number of anilines is 1. The summed E-state index contributed by atoms with van der Waals surface area (Å²) in [6.07, 6.45) is 1.96. The summed E-state index contributed by atoms with van der Waals surface area (Å²) in [6, 6.07) is 4.83. The predicted molar refractivity (Wildman–Crippen MR) is 69.2 cm³/mol. The normalized spacial score (nSPS) is 10.4. The molecule has 1 aromatic carbocycles. The van der Waals surface area contributed by atoms with E-state index in [1.807, 2.05) is 6.07 Å². The lowest BCUT2D eigenvalue weighted by Gasteiger charge is -2.25. The molecule has 0 N–H and O–H groups in total. The molecule has 0 bridgehead atoms. The number of hydrogen-bond acceptors (Lipinski definition) is 2. The first-order valence-electron chi connectivity index (χ1n) is 6.16. The Morgan fingerprint density at radius 1 is 1.24 bits per heavy atom. The second-order valence-corrected chi connectivity index (χ2v) is 4.18. The van der Waals surface area contributed by atoms with Gasteiger partial charge in [0.15, 0.2) is 5.78 Å². The quantitative estimate of drug-likeness (QED) is 0.704. The molecule has 0 amide bonds. The Labute approximate surface area is 102 Å². The highest BCUT2D eigenvalue weighted by Crippen LogP contribution is 2.24. The summed E-state index contributed by atoms with van der Waals surface area (Å²) in [5.41, 5.74) is 0.940. The Morgan fingerprint density at radius 2 is 1.82 bits per heavy atom. The fraction of sp³-hybridized carbons (Fsp3) is 0.500. The Bertz CT molecular complexity index is 384. The van der Waals surface area contributed by atoms with Gasteiger partial charge in [0.05, 0.1) is 11.3 Å². The van der Waals surface area contributed by atoms with E-state index in [1.54, 1.807) is 6.07 Å². The van der Waals surface area contributed by atoms with Crippen molar-refractivity contribution in [3.63, 3.8) is 0 Å². The highest BCUT2D eigenvalue weighted by molar-refractivity contribution is 6.00. The van der Waals surface area contributed by atoms with E-state index in [0.717, 1.165) is 31.6 Å². The summed E-state index contributed by atoms with van der Waals surface area (Å²) in [5, 5.41) is 0. The molecule has 3 heteroatoms. The molecule has 2 nitrogen and oxygen atoms in total. The first kappa shape index (κ1) is 13.7. The van der Waals surface area contributed by atoms with E-state index in [9.17, 15) is 9.18 Å². The van der Waals surface area contributed by atoms with Gasteiger partial charge in [-0.15, -0.1) is 0 Å². The Morgan fingerprint density at radius 3 is 2.29 bits per heavy atom. The summed E-state index contributed by atoms with van der Waals surface area (Å²) in [6.45, 7) is 7.26. The van der Waals surface area contributed by atoms with Crippen molar-refractivity contribution in [2.45, 2.75) is 33.6 Å². The molecule has 0 heterocycles. The van der Waals surface area contributed by atoms with Gasteiger partial charge >= 0.3 is 0 Å². The van der Waals surface area contributed by atoms with Gasteiger partial charge in [0.2, 0.25) is 0 Å². The highest BCUT2D eigenvalue weighted by atomic mass is 19.1. The van der Waals surface area contributed by atoms with E-state index in [2.05, 4.69) is 18.7 Å². The SMILES string of the molecule is CCCN(CCC)c1cccc(F)c1C(C)=O. The van der Waals surface area contributed by atoms with Gasteiger partial charge in [-0.25, -0.2) is 4.39 Å². The number of rotatable bonds is 6. The Hall–Kier alpha value is -1.38. The third-order valence-corrected chi connectivity index (χ3v) is 2.67. The van der Waals surface area contributed by atoms with E-state index in [-0.39, 0.29) is 11.3 Å². The molecule has 0 aromatic heterocycles. The molecule has 0 aliphatic rings. The summed E-state index contributed by atoms with van der Waals surface area (Å²) in [4.78, 5) is 13.6. The van der Waals surface area contributed by atoms with Crippen LogP contribution in [0.5, 0.6) is 0 Å². The third-order valence-electron chi connectivity index (χ3n) is 2.67. The Kier molecular flexibility index (Phi) is 5.13. The minimum Gasteiger partial charge on any atom is -0.371 e. The molecule has 0 aliphatic carbocycles. The second kappa shape index (κ2) is 6.38. The van der Waals surface area contributed by atoms with Crippen LogP contribution in [0.4, 0.5) is 10.1 Å². The molecule has 0 saturated heterocycles. The van der Waals surface area contributed by atoms with Crippen LogP contribution in [0.2, 0.25) is 0 Å². The maximum absolute atomic E-state index is 13.7. The van der Waals surface area contributed by atoms with E-state index in [1.165, 1.54) is 13.0 Å². The average molecular weight is 237 g/mol. The number of ketones is 1. The fourth-order valence-corrected chi connectivity index (χ4v) is 2.02. The molecular formula is C14H20FNO. The monoisotopic (exact) mass is 237 g/mol. The largest absolute Gasteiger partial charge is 0.371 e. The van der Waals surface area contributed by atoms with Crippen molar-refractivity contribution in [1.29, 1.82) is 0 Å². The molecule has 0 saturated carbocycles. The van der Waals surface area contributed by atoms with E-state index < -0.39 is 5.82 Å². The van der Waals surface area contributed by atoms with E-state index >= 15 is 0 Å². The molecule has 0 fully saturated rings. The molecule has 94 valence electrons. The van der Waals surface area contributed by atoms with Crippen molar-refractivity contribution < 1.29 is 9.18 Å². The summed E-state index contributed by atoms with van der Waals surface area (Å²) < 4.78 is 13.7. The number of hydrogen-bond donors (Lipinski definition) is 0. The maximum Gasteiger partial charge on any atom is 0.164 e. The minimum absolute atomic E-state index is 0.213. The van der Waals surface area contributed by atoms with Crippen LogP contribution >= 0.6 is 0 Å². The van der Waals surface area contributed by atoms with Gasteiger partial charge in [-0.05, 0) is 31.9 Å².